The molecule has 1 aromatic rings. The second kappa shape index (κ2) is 5.28. The van der Waals surface area contributed by atoms with Gasteiger partial charge in [0.2, 0.25) is 0 Å². The lowest BCUT2D eigenvalue weighted by atomic mass is 10.00. The molecule has 0 saturated heterocycles. The SMILES string of the molecule is COC(C)(C)CC(C)NCc1ccno1. The van der Waals surface area contributed by atoms with Crippen molar-refractivity contribution in [2.75, 3.05) is 7.11 Å². The molecule has 1 heterocycles. The van der Waals surface area contributed by atoms with E-state index in [1.165, 1.54) is 0 Å². The van der Waals surface area contributed by atoms with Gasteiger partial charge in [-0.2, -0.15) is 0 Å². The van der Waals surface area contributed by atoms with Gasteiger partial charge in [-0.1, -0.05) is 5.16 Å². The summed E-state index contributed by atoms with van der Waals surface area (Å²) in [6.07, 6.45) is 2.61. The molecule has 0 aliphatic carbocycles. The molecule has 1 unspecified atom stereocenters. The van der Waals surface area contributed by atoms with Gasteiger partial charge < -0.3 is 14.6 Å². The van der Waals surface area contributed by atoms with E-state index in [2.05, 4.69) is 31.2 Å². The summed E-state index contributed by atoms with van der Waals surface area (Å²) in [6, 6.07) is 2.24. The highest BCUT2D eigenvalue weighted by atomic mass is 16.5. The number of ether oxygens (including phenoxy) is 1. The van der Waals surface area contributed by atoms with E-state index in [9.17, 15) is 0 Å². The molecule has 0 fully saturated rings. The normalized spacial score (nSPS) is 14.1. The van der Waals surface area contributed by atoms with Crippen LogP contribution in [0.1, 0.15) is 33.0 Å². The van der Waals surface area contributed by atoms with Gasteiger partial charge in [-0.15, -0.1) is 0 Å². The van der Waals surface area contributed by atoms with Crippen molar-refractivity contribution in [3.63, 3.8) is 0 Å². The number of nitrogens with zero attached hydrogens (tertiary/aromatic N) is 1. The molecule has 1 N–H and O–H groups in total. The topological polar surface area (TPSA) is 47.3 Å². The summed E-state index contributed by atoms with van der Waals surface area (Å²) in [7, 11) is 1.74. The Morgan fingerprint density at radius 2 is 2.33 bits per heavy atom. The Labute approximate surface area is 91.0 Å². The molecule has 0 aromatic carbocycles. The van der Waals surface area contributed by atoms with E-state index in [-0.39, 0.29) is 5.60 Å². The molecule has 0 amide bonds. The molecule has 0 aliphatic heterocycles. The van der Waals surface area contributed by atoms with Crippen molar-refractivity contribution in [2.24, 2.45) is 0 Å². The Morgan fingerprint density at radius 3 is 2.87 bits per heavy atom. The molecule has 4 nitrogen and oxygen atoms in total. The van der Waals surface area contributed by atoms with Crippen LogP contribution < -0.4 is 5.32 Å². The molecule has 1 atom stereocenters. The van der Waals surface area contributed by atoms with Gasteiger partial charge in [0.05, 0.1) is 18.3 Å². The van der Waals surface area contributed by atoms with Crippen LogP contribution in [0.3, 0.4) is 0 Å². The minimum absolute atomic E-state index is 0.0895. The van der Waals surface area contributed by atoms with Gasteiger partial charge in [0.25, 0.3) is 0 Å². The summed E-state index contributed by atoms with van der Waals surface area (Å²) < 4.78 is 10.4. The summed E-state index contributed by atoms with van der Waals surface area (Å²) in [5.74, 6) is 0.858. The molecule has 0 spiro atoms. The Bertz CT molecular complexity index is 270. The zero-order chi connectivity index (χ0) is 11.3. The average molecular weight is 212 g/mol. The third kappa shape index (κ3) is 4.44. The molecular formula is C11H20N2O2. The van der Waals surface area contributed by atoms with E-state index in [1.807, 2.05) is 6.07 Å². The second-order valence-corrected chi connectivity index (χ2v) is 4.43. The van der Waals surface area contributed by atoms with Gasteiger partial charge in [-0.05, 0) is 27.2 Å². The predicted octanol–water partition coefficient (Wildman–Crippen LogP) is 1.97. The Balaban J connectivity index is 2.27. The van der Waals surface area contributed by atoms with Crippen molar-refractivity contribution in [2.45, 2.75) is 45.4 Å². The minimum Gasteiger partial charge on any atom is -0.379 e. The molecule has 1 aromatic heterocycles. The summed E-state index contributed by atoms with van der Waals surface area (Å²) in [5.41, 5.74) is -0.0895. The highest BCUT2D eigenvalue weighted by Gasteiger charge is 2.19. The van der Waals surface area contributed by atoms with Crippen molar-refractivity contribution >= 4 is 0 Å². The average Bonchev–Trinajstić information content (AvgIpc) is 2.66. The predicted molar refractivity (Wildman–Crippen MR) is 58.5 cm³/mol. The van der Waals surface area contributed by atoms with Gasteiger partial charge in [0.1, 0.15) is 5.76 Å². The quantitative estimate of drug-likeness (QED) is 0.783. The summed E-state index contributed by atoms with van der Waals surface area (Å²) in [4.78, 5) is 0. The van der Waals surface area contributed by atoms with E-state index in [4.69, 9.17) is 9.26 Å². The van der Waals surface area contributed by atoms with Gasteiger partial charge in [0, 0.05) is 19.2 Å². The van der Waals surface area contributed by atoms with Crippen LogP contribution in [0.15, 0.2) is 16.8 Å². The molecule has 0 aliphatic rings. The Kier molecular flexibility index (Phi) is 4.29. The molecular weight excluding hydrogens is 192 g/mol. The first-order chi connectivity index (χ1) is 7.03. The van der Waals surface area contributed by atoms with E-state index in [1.54, 1.807) is 13.3 Å². The second-order valence-electron chi connectivity index (χ2n) is 4.43. The summed E-state index contributed by atoms with van der Waals surface area (Å²) in [5, 5.41) is 7.01. The Morgan fingerprint density at radius 1 is 1.60 bits per heavy atom. The first-order valence-corrected chi connectivity index (χ1v) is 5.21. The number of nitrogens with one attached hydrogen (secondary N) is 1. The molecule has 4 heteroatoms. The fourth-order valence-corrected chi connectivity index (χ4v) is 1.50. The van der Waals surface area contributed by atoms with Gasteiger partial charge in [0.15, 0.2) is 0 Å². The van der Waals surface area contributed by atoms with Crippen molar-refractivity contribution < 1.29 is 9.26 Å². The van der Waals surface area contributed by atoms with Gasteiger partial charge in [-0.25, -0.2) is 0 Å². The molecule has 1 rings (SSSR count). The molecule has 0 radical (unpaired) electrons. The molecule has 86 valence electrons. The van der Waals surface area contributed by atoms with E-state index in [0.29, 0.717) is 12.6 Å². The lowest BCUT2D eigenvalue weighted by Crippen LogP contribution is -2.35. The van der Waals surface area contributed by atoms with Crippen LogP contribution in [0.5, 0.6) is 0 Å². The summed E-state index contributed by atoms with van der Waals surface area (Å²) >= 11 is 0. The number of hydrogen-bond acceptors (Lipinski definition) is 4. The third-order valence-electron chi connectivity index (χ3n) is 2.47. The highest BCUT2D eigenvalue weighted by Crippen LogP contribution is 2.15. The first-order valence-electron chi connectivity index (χ1n) is 5.21. The third-order valence-corrected chi connectivity index (χ3v) is 2.47. The zero-order valence-electron chi connectivity index (χ0n) is 9.91. The van der Waals surface area contributed by atoms with Gasteiger partial charge in [-0.3, -0.25) is 0 Å². The van der Waals surface area contributed by atoms with E-state index in [0.717, 1.165) is 12.2 Å². The van der Waals surface area contributed by atoms with Crippen molar-refractivity contribution in [3.05, 3.63) is 18.0 Å². The van der Waals surface area contributed by atoms with Crippen LogP contribution in [0, 0.1) is 0 Å². The number of hydrogen-bond donors (Lipinski definition) is 1. The van der Waals surface area contributed by atoms with Crippen molar-refractivity contribution in [1.29, 1.82) is 0 Å². The largest absolute Gasteiger partial charge is 0.379 e. The zero-order valence-corrected chi connectivity index (χ0v) is 9.91. The monoisotopic (exact) mass is 212 g/mol. The summed E-state index contributed by atoms with van der Waals surface area (Å²) in [6.45, 7) is 7.01. The maximum absolute atomic E-state index is 5.37. The van der Waals surface area contributed by atoms with Crippen LogP contribution in [0.4, 0.5) is 0 Å². The standard InChI is InChI=1S/C11H20N2O2/c1-9(7-11(2,3)14-4)12-8-10-5-6-13-15-10/h5-6,9,12H,7-8H2,1-4H3. The fraction of sp³-hybridized carbons (Fsp3) is 0.727. The lowest BCUT2D eigenvalue weighted by molar-refractivity contribution is 0.00828. The smallest absolute Gasteiger partial charge is 0.150 e. The molecule has 15 heavy (non-hydrogen) atoms. The van der Waals surface area contributed by atoms with Gasteiger partial charge >= 0.3 is 0 Å². The lowest BCUT2D eigenvalue weighted by Gasteiger charge is -2.26. The molecule has 0 bridgehead atoms. The fourth-order valence-electron chi connectivity index (χ4n) is 1.50. The highest BCUT2D eigenvalue weighted by molar-refractivity contribution is 4.92. The van der Waals surface area contributed by atoms with Crippen LogP contribution in [0.2, 0.25) is 0 Å². The van der Waals surface area contributed by atoms with Crippen molar-refractivity contribution in [3.8, 4) is 0 Å². The molecule has 0 saturated carbocycles. The van der Waals surface area contributed by atoms with E-state index >= 15 is 0 Å². The van der Waals surface area contributed by atoms with Crippen LogP contribution in [0.25, 0.3) is 0 Å². The van der Waals surface area contributed by atoms with Crippen molar-refractivity contribution in [1.82, 2.24) is 10.5 Å². The van der Waals surface area contributed by atoms with Crippen LogP contribution >= 0.6 is 0 Å². The minimum atomic E-state index is -0.0895. The van der Waals surface area contributed by atoms with Crippen LogP contribution in [-0.4, -0.2) is 23.9 Å². The van der Waals surface area contributed by atoms with Crippen LogP contribution in [-0.2, 0) is 11.3 Å². The maximum Gasteiger partial charge on any atom is 0.150 e. The Hall–Kier alpha value is -0.870. The maximum atomic E-state index is 5.37. The van der Waals surface area contributed by atoms with E-state index < -0.39 is 0 Å². The first kappa shape index (κ1) is 12.2. The number of rotatable bonds is 6. The number of aromatic nitrogens is 1. The number of methoxy groups -OCH3 is 1.